The first kappa shape index (κ1) is 12.8. The molecule has 0 atom stereocenters. The minimum absolute atomic E-state index is 1.08. The summed E-state index contributed by atoms with van der Waals surface area (Å²) in [7, 11) is 0. The van der Waals surface area contributed by atoms with E-state index in [0.717, 1.165) is 6.42 Å². The van der Waals surface area contributed by atoms with E-state index in [0.29, 0.717) is 0 Å². The van der Waals surface area contributed by atoms with Crippen molar-refractivity contribution in [1.29, 1.82) is 0 Å². The minimum atomic E-state index is 1.08. The van der Waals surface area contributed by atoms with E-state index in [1.807, 2.05) is 0 Å². The first-order chi connectivity index (χ1) is 7.52. The van der Waals surface area contributed by atoms with Crippen LogP contribution in [0.25, 0.3) is 5.57 Å². The molecule has 0 bridgehead atoms. The first-order valence-corrected chi connectivity index (χ1v) is 5.96. The second kappa shape index (κ2) is 5.69. The molecule has 0 amide bonds. The summed E-state index contributed by atoms with van der Waals surface area (Å²) in [6, 6.07) is 6.73. The van der Waals surface area contributed by atoms with Crippen LogP contribution in [0.1, 0.15) is 43.9 Å². The van der Waals surface area contributed by atoms with E-state index in [9.17, 15) is 0 Å². The van der Waals surface area contributed by atoms with Crippen molar-refractivity contribution in [3.8, 4) is 0 Å². The Bertz CT molecular complexity index is 395. The highest BCUT2D eigenvalue weighted by atomic mass is 14.0. The third-order valence-electron chi connectivity index (χ3n) is 2.42. The van der Waals surface area contributed by atoms with Crippen molar-refractivity contribution in [2.45, 2.75) is 41.0 Å². The van der Waals surface area contributed by atoms with Crippen molar-refractivity contribution in [2.24, 2.45) is 0 Å². The molecule has 0 heteroatoms. The predicted molar refractivity (Wildman–Crippen MR) is 73.6 cm³/mol. The van der Waals surface area contributed by atoms with Gasteiger partial charge in [0.05, 0.1) is 0 Å². The lowest BCUT2D eigenvalue weighted by Gasteiger charge is -2.07. The lowest BCUT2D eigenvalue weighted by molar-refractivity contribution is 1.22. The van der Waals surface area contributed by atoms with E-state index >= 15 is 0 Å². The van der Waals surface area contributed by atoms with Gasteiger partial charge < -0.3 is 0 Å². The topological polar surface area (TPSA) is 0 Å². The zero-order valence-corrected chi connectivity index (χ0v) is 11.1. The van der Waals surface area contributed by atoms with Gasteiger partial charge in [-0.25, -0.2) is 0 Å². The average Bonchev–Trinajstić information content (AvgIpc) is 2.14. The summed E-state index contributed by atoms with van der Waals surface area (Å²) in [5.41, 5.74) is 6.69. The van der Waals surface area contributed by atoms with Crippen molar-refractivity contribution in [1.82, 2.24) is 0 Å². The fourth-order valence-electron chi connectivity index (χ4n) is 1.93. The summed E-state index contributed by atoms with van der Waals surface area (Å²) in [4.78, 5) is 0. The van der Waals surface area contributed by atoms with Gasteiger partial charge in [0.1, 0.15) is 0 Å². The Kier molecular flexibility index (Phi) is 4.54. The second-order valence-corrected chi connectivity index (χ2v) is 4.67. The lowest BCUT2D eigenvalue weighted by Crippen LogP contribution is -1.86. The van der Waals surface area contributed by atoms with Gasteiger partial charge in [-0.1, -0.05) is 54.0 Å². The Morgan fingerprint density at radius 2 is 1.62 bits per heavy atom. The maximum Gasteiger partial charge on any atom is -0.0182 e. The van der Waals surface area contributed by atoms with E-state index < -0.39 is 0 Å². The average molecular weight is 214 g/mol. The third kappa shape index (κ3) is 3.69. The van der Waals surface area contributed by atoms with E-state index in [2.05, 4.69) is 65.0 Å². The summed E-state index contributed by atoms with van der Waals surface area (Å²) < 4.78 is 0. The molecule has 0 saturated carbocycles. The molecule has 0 radical (unpaired) electrons. The Balaban J connectivity index is 3.21. The molecule has 0 nitrogen and oxygen atoms in total. The molecule has 1 aromatic carbocycles. The molecule has 86 valence electrons. The quantitative estimate of drug-likeness (QED) is 0.617. The van der Waals surface area contributed by atoms with Crippen LogP contribution in [0.2, 0.25) is 0 Å². The number of hydrogen-bond acceptors (Lipinski definition) is 0. The van der Waals surface area contributed by atoms with Gasteiger partial charge in [-0.05, 0) is 45.3 Å². The van der Waals surface area contributed by atoms with Gasteiger partial charge in [-0.2, -0.15) is 0 Å². The Labute approximate surface area is 99.7 Å². The van der Waals surface area contributed by atoms with Gasteiger partial charge in [-0.3, -0.25) is 0 Å². The smallest absolute Gasteiger partial charge is 0.0182 e. The second-order valence-electron chi connectivity index (χ2n) is 4.67. The van der Waals surface area contributed by atoms with E-state index in [-0.39, 0.29) is 0 Å². The molecular weight excluding hydrogens is 192 g/mol. The van der Waals surface area contributed by atoms with Crippen LogP contribution in [0.4, 0.5) is 0 Å². The molecule has 0 N–H and O–H groups in total. The van der Waals surface area contributed by atoms with Crippen molar-refractivity contribution in [2.75, 3.05) is 0 Å². The van der Waals surface area contributed by atoms with Crippen LogP contribution in [0.3, 0.4) is 0 Å². The predicted octanol–water partition coefficient (Wildman–Crippen LogP) is 5.06. The molecule has 1 aromatic rings. The Morgan fingerprint density at radius 3 is 2.06 bits per heavy atom. The summed E-state index contributed by atoms with van der Waals surface area (Å²) in [6.45, 7) is 10.8. The molecule has 1 rings (SSSR count). The van der Waals surface area contributed by atoms with Gasteiger partial charge in [0.2, 0.25) is 0 Å². The van der Waals surface area contributed by atoms with Crippen molar-refractivity contribution in [3.63, 3.8) is 0 Å². The fraction of sp³-hybridized carbons (Fsp3) is 0.375. The number of rotatable bonds is 3. The zero-order chi connectivity index (χ0) is 12.1. The lowest BCUT2D eigenvalue weighted by atomic mass is 9.98. The van der Waals surface area contributed by atoms with E-state index in [1.54, 1.807) is 0 Å². The van der Waals surface area contributed by atoms with Gasteiger partial charge in [0.15, 0.2) is 0 Å². The molecule has 0 aliphatic rings. The Morgan fingerprint density at radius 1 is 1.06 bits per heavy atom. The molecule has 0 aliphatic heterocycles. The summed E-state index contributed by atoms with van der Waals surface area (Å²) in [6.07, 6.45) is 5.63. The molecule has 0 spiro atoms. The van der Waals surface area contributed by atoms with Crippen LogP contribution in [0.15, 0.2) is 35.9 Å². The SMILES string of the molecule is CC/C=C(\C=C(C)C)c1cc(C)cc(C)c1. The third-order valence-corrected chi connectivity index (χ3v) is 2.42. The molecule has 0 saturated heterocycles. The van der Waals surface area contributed by atoms with Gasteiger partial charge in [0, 0.05) is 0 Å². The van der Waals surface area contributed by atoms with Crippen LogP contribution in [-0.4, -0.2) is 0 Å². The summed E-state index contributed by atoms with van der Waals surface area (Å²) in [5.74, 6) is 0. The van der Waals surface area contributed by atoms with Crippen LogP contribution in [-0.2, 0) is 0 Å². The van der Waals surface area contributed by atoms with E-state index in [4.69, 9.17) is 0 Å². The van der Waals surface area contributed by atoms with Crippen molar-refractivity contribution >= 4 is 5.57 Å². The van der Waals surface area contributed by atoms with Crippen LogP contribution >= 0.6 is 0 Å². The van der Waals surface area contributed by atoms with Gasteiger partial charge in [-0.15, -0.1) is 0 Å². The fourth-order valence-corrected chi connectivity index (χ4v) is 1.93. The molecule has 0 heterocycles. The van der Waals surface area contributed by atoms with Crippen molar-refractivity contribution < 1.29 is 0 Å². The number of allylic oxidation sites excluding steroid dienone is 4. The van der Waals surface area contributed by atoms with Crippen LogP contribution < -0.4 is 0 Å². The highest BCUT2D eigenvalue weighted by Crippen LogP contribution is 2.21. The molecule has 0 aromatic heterocycles. The highest BCUT2D eigenvalue weighted by Gasteiger charge is 2.00. The van der Waals surface area contributed by atoms with Crippen LogP contribution in [0.5, 0.6) is 0 Å². The molecule has 0 aliphatic carbocycles. The standard InChI is InChI=1S/C16H22/c1-6-7-15(8-12(2)3)16-10-13(4)9-14(5)11-16/h7-11H,6H2,1-5H3/b15-7+. The highest BCUT2D eigenvalue weighted by molar-refractivity contribution is 5.75. The summed E-state index contributed by atoms with van der Waals surface area (Å²) >= 11 is 0. The van der Waals surface area contributed by atoms with Crippen molar-refractivity contribution in [3.05, 3.63) is 52.6 Å². The Hall–Kier alpha value is -1.30. The molecule has 0 fully saturated rings. The number of benzene rings is 1. The van der Waals surface area contributed by atoms with Crippen LogP contribution in [0, 0.1) is 13.8 Å². The monoisotopic (exact) mass is 214 g/mol. The maximum atomic E-state index is 2.29. The van der Waals surface area contributed by atoms with E-state index in [1.165, 1.54) is 27.8 Å². The maximum absolute atomic E-state index is 2.29. The first-order valence-electron chi connectivity index (χ1n) is 5.96. The summed E-state index contributed by atoms with van der Waals surface area (Å²) in [5, 5.41) is 0. The largest absolute Gasteiger partial charge is 0.0769 e. The van der Waals surface area contributed by atoms with Gasteiger partial charge >= 0.3 is 0 Å². The molecule has 16 heavy (non-hydrogen) atoms. The number of aryl methyl sites for hydroxylation is 2. The minimum Gasteiger partial charge on any atom is -0.0769 e. The molecule has 0 unspecified atom stereocenters. The zero-order valence-electron chi connectivity index (χ0n) is 11.1. The number of hydrogen-bond donors (Lipinski definition) is 0. The normalized spacial score (nSPS) is 11.4. The molecular formula is C16H22. The van der Waals surface area contributed by atoms with Gasteiger partial charge in [0.25, 0.3) is 0 Å².